The molecule has 1 aromatic carbocycles. The average molecular weight is 274 g/mol. The third-order valence-electron chi connectivity index (χ3n) is 4.52. The molecule has 1 aliphatic rings. The van der Waals surface area contributed by atoms with Crippen molar-refractivity contribution in [2.75, 3.05) is 0 Å². The predicted molar refractivity (Wildman–Crippen MR) is 84.9 cm³/mol. The summed E-state index contributed by atoms with van der Waals surface area (Å²) in [6, 6.07) is 8.79. The summed E-state index contributed by atoms with van der Waals surface area (Å²) in [4.78, 5) is 0. The smallest absolute Gasteiger partial charge is 0.403 e. The third-order valence-corrected chi connectivity index (χ3v) is 4.52. The molecule has 0 aliphatic carbocycles. The first-order chi connectivity index (χ1) is 9.01. The number of hydrogen-bond acceptors (Lipinski definition) is 2. The first-order valence-corrected chi connectivity index (χ1v) is 7.46. The lowest BCUT2D eigenvalue weighted by molar-refractivity contribution is 0.00578. The molecule has 0 saturated carbocycles. The molecular weight excluding hydrogens is 247 g/mol. The van der Waals surface area contributed by atoms with E-state index in [1.165, 1.54) is 11.1 Å². The van der Waals surface area contributed by atoms with Crippen molar-refractivity contribution in [2.24, 2.45) is 0 Å². The van der Waals surface area contributed by atoms with Gasteiger partial charge in [0.2, 0.25) is 0 Å². The van der Waals surface area contributed by atoms with Gasteiger partial charge in [-0.05, 0) is 44.2 Å². The molecule has 0 spiro atoms. The summed E-state index contributed by atoms with van der Waals surface area (Å²) < 4.78 is 12.1. The monoisotopic (exact) mass is 274 g/mol. The fourth-order valence-electron chi connectivity index (χ4n) is 2.38. The van der Waals surface area contributed by atoms with E-state index in [1.54, 1.807) is 0 Å². The standard InChI is InChI=1S/C17H27BO2/c1-15(2,3)14-10-8-13(9-11-14)12-18-19-16(4,5)17(6,7)20-18/h8-11H,12H2,1-7H3. The summed E-state index contributed by atoms with van der Waals surface area (Å²) in [7, 11) is -0.152. The van der Waals surface area contributed by atoms with Crippen molar-refractivity contribution in [1.82, 2.24) is 0 Å². The van der Waals surface area contributed by atoms with Crippen LogP contribution in [0.2, 0.25) is 0 Å². The van der Waals surface area contributed by atoms with Gasteiger partial charge in [0.1, 0.15) is 0 Å². The van der Waals surface area contributed by atoms with Gasteiger partial charge in [0.25, 0.3) is 0 Å². The molecule has 0 radical (unpaired) electrons. The second kappa shape index (κ2) is 4.89. The molecule has 2 nitrogen and oxygen atoms in total. The fourth-order valence-corrected chi connectivity index (χ4v) is 2.38. The molecule has 2 rings (SSSR count). The molecule has 1 aromatic rings. The van der Waals surface area contributed by atoms with E-state index in [4.69, 9.17) is 9.31 Å². The molecule has 110 valence electrons. The van der Waals surface area contributed by atoms with Crippen LogP contribution in [0.3, 0.4) is 0 Å². The number of hydrogen-bond donors (Lipinski definition) is 0. The highest BCUT2D eigenvalue weighted by molar-refractivity contribution is 6.45. The maximum atomic E-state index is 6.04. The predicted octanol–water partition coefficient (Wildman–Crippen LogP) is 4.16. The van der Waals surface area contributed by atoms with Crippen LogP contribution in [0.15, 0.2) is 24.3 Å². The molecule has 0 amide bonds. The van der Waals surface area contributed by atoms with E-state index in [0.717, 1.165) is 6.32 Å². The Morgan fingerprint density at radius 3 is 1.75 bits per heavy atom. The van der Waals surface area contributed by atoms with Crippen molar-refractivity contribution in [3.05, 3.63) is 35.4 Å². The first-order valence-electron chi connectivity index (χ1n) is 7.46. The van der Waals surface area contributed by atoms with Crippen molar-refractivity contribution in [3.8, 4) is 0 Å². The van der Waals surface area contributed by atoms with Crippen LogP contribution in [0.4, 0.5) is 0 Å². The molecule has 0 atom stereocenters. The Morgan fingerprint density at radius 2 is 1.35 bits per heavy atom. The van der Waals surface area contributed by atoms with Gasteiger partial charge >= 0.3 is 7.12 Å². The molecular formula is C17H27BO2. The maximum absolute atomic E-state index is 6.04. The molecule has 0 N–H and O–H groups in total. The lowest BCUT2D eigenvalue weighted by atomic mass is 9.79. The van der Waals surface area contributed by atoms with E-state index >= 15 is 0 Å². The van der Waals surface area contributed by atoms with Crippen molar-refractivity contribution in [1.29, 1.82) is 0 Å². The van der Waals surface area contributed by atoms with Crippen LogP contribution in [-0.2, 0) is 21.0 Å². The fraction of sp³-hybridized carbons (Fsp3) is 0.647. The van der Waals surface area contributed by atoms with Gasteiger partial charge in [-0.3, -0.25) is 0 Å². The van der Waals surface area contributed by atoms with Crippen molar-refractivity contribution < 1.29 is 9.31 Å². The van der Waals surface area contributed by atoms with E-state index < -0.39 is 0 Å². The van der Waals surface area contributed by atoms with E-state index in [9.17, 15) is 0 Å². The Labute approximate surface area is 124 Å². The molecule has 1 fully saturated rings. The van der Waals surface area contributed by atoms with E-state index in [2.05, 4.69) is 72.7 Å². The quantitative estimate of drug-likeness (QED) is 0.754. The minimum atomic E-state index is -0.247. The van der Waals surface area contributed by atoms with Gasteiger partial charge < -0.3 is 9.31 Å². The zero-order chi connectivity index (χ0) is 15.2. The zero-order valence-corrected chi connectivity index (χ0v) is 13.9. The lowest BCUT2D eigenvalue weighted by Crippen LogP contribution is -2.41. The summed E-state index contributed by atoms with van der Waals surface area (Å²) in [5.74, 6) is 0. The highest BCUT2D eigenvalue weighted by atomic mass is 16.7. The molecule has 0 unspecified atom stereocenters. The summed E-state index contributed by atoms with van der Waals surface area (Å²) in [6.45, 7) is 15.1. The molecule has 0 aromatic heterocycles. The van der Waals surface area contributed by atoms with Gasteiger partial charge in [0, 0.05) is 6.32 Å². The van der Waals surface area contributed by atoms with E-state index in [1.807, 2.05) is 0 Å². The van der Waals surface area contributed by atoms with Crippen molar-refractivity contribution >= 4 is 7.12 Å². The van der Waals surface area contributed by atoms with E-state index in [0.29, 0.717) is 0 Å². The molecule has 1 heterocycles. The Kier molecular flexibility index (Phi) is 3.81. The van der Waals surface area contributed by atoms with Crippen molar-refractivity contribution in [3.63, 3.8) is 0 Å². The van der Waals surface area contributed by atoms with E-state index in [-0.39, 0.29) is 23.7 Å². The van der Waals surface area contributed by atoms with Crippen LogP contribution in [0, 0.1) is 0 Å². The number of benzene rings is 1. The van der Waals surface area contributed by atoms with Gasteiger partial charge in [-0.15, -0.1) is 0 Å². The molecule has 1 saturated heterocycles. The normalized spacial score (nSPS) is 21.2. The van der Waals surface area contributed by atoms with Gasteiger partial charge in [0.05, 0.1) is 11.2 Å². The third kappa shape index (κ3) is 3.10. The topological polar surface area (TPSA) is 18.5 Å². The SMILES string of the molecule is CC(C)(C)c1ccc(CB2OC(C)(C)C(C)(C)O2)cc1. The molecule has 20 heavy (non-hydrogen) atoms. The first kappa shape index (κ1) is 15.6. The minimum Gasteiger partial charge on any atom is -0.403 e. The molecule has 0 bridgehead atoms. The summed E-state index contributed by atoms with van der Waals surface area (Å²) in [6.07, 6.45) is 0.803. The Bertz CT molecular complexity index is 453. The summed E-state index contributed by atoms with van der Waals surface area (Å²) in [5, 5.41) is 0. The lowest BCUT2D eigenvalue weighted by Gasteiger charge is -2.32. The summed E-state index contributed by atoms with van der Waals surface area (Å²) >= 11 is 0. The Morgan fingerprint density at radius 1 is 0.900 bits per heavy atom. The van der Waals surface area contributed by atoms with Crippen LogP contribution in [0.5, 0.6) is 0 Å². The van der Waals surface area contributed by atoms with Gasteiger partial charge in [0.15, 0.2) is 0 Å². The van der Waals surface area contributed by atoms with Crippen LogP contribution < -0.4 is 0 Å². The highest BCUT2D eigenvalue weighted by Gasteiger charge is 2.50. The second-order valence-electron chi connectivity index (χ2n) is 7.84. The zero-order valence-electron chi connectivity index (χ0n) is 13.9. The largest absolute Gasteiger partial charge is 0.462 e. The minimum absolute atomic E-state index is 0.152. The Hall–Kier alpha value is -0.795. The highest BCUT2D eigenvalue weighted by Crippen LogP contribution is 2.37. The summed E-state index contributed by atoms with van der Waals surface area (Å²) in [5.41, 5.74) is 2.32. The van der Waals surface area contributed by atoms with Gasteiger partial charge in [-0.2, -0.15) is 0 Å². The molecule has 3 heteroatoms. The average Bonchev–Trinajstić information content (AvgIpc) is 2.46. The second-order valence-corrected chi connectivity index (χ2v) is 7.84. The van der Waals surface area contributed by atoms with Crippen molar-refractivity contribution in [2.45, 2.75) is 71.4 Å². The number of rotatable bonds is 2. The van der Waals surface area contributed by atoms with Gasteiger partial charge in [-0.1, -0.05) is 45.0 Å². The van der Waals surface area contributed by atoms with Crippen LogP contribution in [0.25, 0.3) is 0 Å². The molecule has 1 aliphatic heterocycles. The van der Waals surface area contributed by atoms with Gasteiger partial charge in [-0.25, -0.2) is 0 Å². The Balaban J connectivity index is 2.06. The maximum Gasteiger partial charge on any atom is 0.462 e. The van der Waals surface area contributed by atoms with Crippen LogP contribution in [-0.4, -0.2) is 18.3 Å². The van der Waals surface area contributed by atoms with Crippen LogP contribution in [0.1, 0.15) is 59.6 Å². The van der Waals surface area contributed by atoms with Crippen LogP contribution >= 0.6 is 0 Å².